The summed E-state index contributed by atoms with van der Waals surface area (Å²) in [7, 11) is 1.25. The summed E-state index contributed by atoms with van der Waals surface area (Å²) in [6.45, 7) is 0. The molecule has 0 aliphatic rings. The molecule has 0 aliphatic carbocycles. The molecule has 0 bridgehead atoms. The Labute approximate surface area is 105 Å². The van der Waals surface area contributed by atoms with Crippen LogP contribution in [0.3, 0.4) is 0 Å². The second-order valence-corrected chi connectivity index (χ2v) is 4.38. The number of aliphatic hydroxyl groups is 2. The molecule has 94 valence electrons. The van der Waals surface area contributed by atoms with Gasteiger partial charge in [0.1, 0.15) is 6.10 Å². The molecule has 0 spiro atoms. The number of hydrogen-bond donors (Lipinski definition) is 2. The van der Waals surface area contributed by atoms with E-state index in [-0.39, 0.29) is 6.42 Å². The summed E-state index contributed by atoms with van der Waals surface area (Å²) in [5.41, 5.74) is 0.622. The van der Waals surface area contributed by atoms with E-state index >= 15 is 0 Å². The fourth-order valence-corrected chi connectivity index (χ4v) is 2.12. The molecule has 1 aromatic rings. The van der Waals surface area contributed by atoms with Crippen LogP contribution >= 0.6 is 11.8 Å². The number of methoxy groups -OCH3 is 1. The lowest BCUT2D eigenvalue weighted by Crippen LogP contribution is -2.23. The molecule has 0 aromatic heterocycles. The molecular weight excluding hydrogens is 240 g/mol. The van der Waals surface area contributed by atoms with Gasteiger partial charge in [0, 0.05) is 4.90 Å². The van der Waals surface area contributed by atoms with Crippen LogP contribution in [0, 0.1) is 0 Å². The highest BCUT2D eigenvalue weighted by Crippen LogP contribution is 2.28. The predicted octanol–water partition coefficient (Wildman–Crippen LogP) is 1.37. The summed E-state index contributed by atoms with van der Waals surface area (Å²) < 4.78 is 4.45. The van der Waals surface area contributed by atoms with Crippen LogP contribution in [0.1, 0.15) is 18.1 Å². The van der Waals surface area contributed by atoms with Gasteiger partial charge in [0.05, 0.1) is 19.6 Å². The highest BCUT2D eigenvalue weighted by molar-refractivity contribution is 7.98. The minimum Gasteiger partial charge on any atom is -0.469 e. The van der Waals surface area contributed by atoms with Crippen molar-refractivity contribution in [3.8, 4) is 0 Å². The third-order valence-electron chi connectivity index (χ3n) is 2.43. The minimum atomic E-state index is -1.16. The van der Waals surface area contributed by atoms with E-state index in [9.17, 15) is 15.0 Å². The normalized spacial score (nSPS) is 14.1. The third kappa shape index (κ3) is 3.73. The van der Waals surface area contributed by atoms with Crippen molar-refractivity contribution in [1.29, 1.82) is 0 Å². The largest absolute Gasteiger partial charge is 0.469 e. The average Bonchev–Trinajstić information content (AvgIpc) is 2.37. The lowest BCUT2D eigenvalue weighted by atomic mass is 10.0. The SMILES string of the molecule is COC(=O)CC(O)C(O)c1ccccc1SC. The number of aliphatic hydroxyl groups excluding tert-OH is 2. The predicted molar refractivity (Wildman–Crippen MR) is 65.8 cm³/mol. The van der Waals surface area contributed by atoms with Gasteiger partial charge >= 0.3 is 5.97 Å². The van der Waals surface area contributed by atoms with Crippen molar-refractivity contribution in [3.05, 3.63) is 29.8 Å². The molecule has 0 aliphatic heterocycles. The van der Waals surface area contributed by atoms with Crippen LogP contribution in [0.25, 0.3) is 0 Å². The molecule has 0 amide bonds. The highest BCUT2D eigenvalue weighted by atomic mass is 32.2. The molecular formula is C12H16O4S. The molecule has 0 saturated heterocycles. The van der Waals surface area contributed by atoms with Gasteiger partial charge in [0.15, 0.2) is 0 Å². The maximum Gasteiger partial charge on any atom is 0.308 e. The maximum absolute atomic E-state index is 11.0. The van der Waals surface area contributed by atoms with Crippen LogP contribution in [0.5, 0.6) is 0 Å². The van der Waals surface area contributed by atoms with Crippen LogP contribution in [0.15, 0.2) is 29.2 Å². The van der Waals surface area contributed by atoms with Gasteiger partial charge < -0.3 is 14.9 Å². The Kier molecular flexibility index (Phi) is 5.47. The van der Waals surface area contributed by atoms with E-state index in [4.69, 9.17) is 0 Å². The number of benzene rings is 1. The van der Waals surface area contributed by atoms with Gasteiger partial charge in [-0.25, -0.2) is 0 Å². The molecule has 5 heteroatoms. The van der Waals surface area contributed by atoms with E-state index in [2.05, 4.69) is 4.74 Å². The van der Waals surface area contributed by atoms with Gasteiger partial charge in [0.2, 0.25) is 0 Å². The van der Waals surface area contributed by atoms with Gasteiger partial charge in [-0.2, -0.15) is 0 Å². The van der Waals surface area contributed by atoms with Crippen molar-refractivity contribution in [2.24, 2.45) is 0 Å². The summed E-state index contributed by atoms with van der Waals surface area (Å²) in [4.78, 5) is 11.9. The van der Waals surface area contributed by atoms with Crippen LogP contribution < -0.4 is 0 Å². The molecule has 0 radical (unpaired) electrons. The summed E-state index contributed by atoms with van der Waals surface area (Å²) in [5.74, 6) is -0.543. The number of esters is 1. The molecule has 0 saturated carbocycles. The topological polar surface area (TPSA) is 66.8 Å². The summed E-state index contributed by atoms with van der Waals surface area (Å²) in [6.07, 6.45) is -0.577. The second-order valence-electron chi connectivity index (χ2n) is 3.53. The Morgan fingerprint density at radius 2 is 2.06 bits per heavy atom. The number of hydrogen-bond acceptors (Lipinski definition) is 5. The monoisotopic (exact) mass is 256 g/mol. The molecule has 17 heavy (non-hydrogen) atoms. The first-order chi connectivity index (χ1) is 8.10. The smallest absolute Gasteiger partial charge is 0.308 e. The van der Waals surface area contributed by atoms with Crippen molar-refractivity contribution >= 4 is 17.7 Å². The zero-order chi connectivity index (χ0) is 12.8. The third-order valence-corrected chi connectivity index (χ3v) is 3.24. The Balaban J connectivity index is 2.80. The molecule has 2 unspecified atom stereocenters. The summed E-state index contributed by atoms with van der Waals surface area (Å²) >= 11 is 1.48. The summed E-state index contributed by atoms with van der Waals surface area (Å²) in [5, 5.41) is 19.7. The fourth-order valence-electron chi connectivity index (χ4n) is 1.48. The number of thioether (sulfide) groups is 1. The van der Waals surface area contributed by atoms with E-state index < -0.39 is 18.2 Å². The van der Waals surface area contributed by atoms with Crippen molar-refractivity contribution in [1.82, 2.24) is 0 Å². The lowest BCUT2D eigenvalue weighted by molar-refractivity contribution is -0.144. The molecule has 2 N–H and O–H groups in total. The van der Waals surface area contributed by atoms with Gasteiger partial charge in [0.25, 0.3) is 0 Å². The van der Waals surface area contributed by atoms with E-state index in [1.54, 1.807) is 12.1 Å². The van der Waals surface area contributed by atoms with Crippen LogP contribution in [0.2, 0.25) is 0 Å². The maximum atomic E-state index is 11.0. The van der Waals surface area contributed by atoms with E-state index in [0.717, 1.165) is 4.90 Å². The van der Waals surface area contributed by atoms with Gasteiger partial charge in [-0.1, -0.05) is 18.2 Å². The Morgan fingerprint density at radius 3 is 2.65 bits per heavy atom. The molecule has 0 heterocycles. The van der Waals surface area contributed by atoms with E-state index in [1.165, 1.54) is 18.9 Å². The Bertz CT molecular complexity index is 381. The Morgan fingerprint density at radius 1 is 1.41 bits per heavy atom. The second kappa shape index (κ2) is 6.64. The molecule has 4 nitrogen and oxygen atoms in total. The highest BCUT2D eigenvalue weighted by Gasteiger charge is 2.23. The first-order valence-corrected chi connectivity index (χ1v) is 6.38. The van der Waals surface area contributed by atoms with Crippen molar-refractivity contribution in [3.63, 3.8) is 0 Å². The van der Waals surface area contributed by atoms with Crippen molar-refractivity contribution < 1.29 is 19.7 Å². The molecule has 2 atom stereocenters. The van der Waals surface area contributed by atoms with E-state index in [0.29, 0.717) is 5.56 Å². The minimum absolute atomic E-state index is 0.222. The first-order valence-electron chi connectivity index (χ1n) is 5.16. The number of carbonyl (C=O) groups excluding carboxylic acids is 1. The zero-order valence-electron chi connectivity index (χ0n) is 9.79. The van der Waals surface area contributed by atoms with Crippen LogP contribution in [-0.2, 0) is 9.53 Å². The summed E-state index contributed by atoms with van der Waals surface area (Å²) in [6, 6.07) is 7.23. The zero-order valence-corrected chi connectivity index (χ0v) is 10.6. The van der Waals surface area contributed by atoms with Crippen LogP contribution in [-0.4, -0.2) is 35.7 Å². The average molecular weight is 256 g/mol. The molecule has 0 fully saturated rings. The van der Waals surface area contributed by atoms with Crippen molar-refractivity contribution in [2.75, 3.05) is 13.4 Å². The first kappa shape index (κ1) is 14.0. The van der Waals surface area contributed by atoms with Crippen LogP contribution in [0.4, 0.5) is 0 Å². The van der Waals surface area contributed by atoms with Gasteiger partial charge in [-0.15, -0.1) is 11.8 Å². The van der Waals surface area contributed by atoms with Gasteiger partial charge in [-0.3, -0.25) is 4.79 Å². The molecule has 1 aromatic carbocycles. The van der Waals surface area contributed by atoms with E-state index in [1.807, 2.05) is 18.4 Å². The number of ether oxygens (including phenoxy) is 1. The number of rotatable bonds is 5. The lowest BCUT2D eigenvalue weighted by Gasteiger charge is -2.19. The molecule has 1 rings (SSSR count). The van der Waals surface area contributed by atoms with Gasteiger partial charge in [-0.05, 0) is 17.9 Å². The van der Waals surface area contributed by atoms with Crippen molar-refractivity contribution in [2.45, 2.75) is 23.5 Å². The number of carbonyl (C=O) groups is 1. The fraction of sp³-hybridized carbons (Fsp3) is 0.417. The quantitative estimate of drug-likeness (QED) is 0.615. The standard InChI is InChI=1S/C12H16O4S/c1-16-11(14)7-9(13)12(15)8-5-3-4-6-10(8)17-2/h3-6,9,12-13,15H,7H2,1-2H3. The Hall–Kier alpha value is -1.04.